The lowest BCUT2D eigenvalue weighted by molar-refractivity contribution is 0.0818. The Kier molecular flexibility index (Phi) is 5.56. The summed E-state index contributed by atoms with van der Waals surface area (Å²) >= 11 is 0. The van der Waals surface area contributed by atoms with Gasteiger partial charge in [0.2, 0.25) is 0 Å². The first kappa shape index (κ1) is 21.2. The van der Waals surface area contributed by atoms with Crippen molar-refractivity contribution in [2.45, 2.75) is 26.1 Å². The highest BCUT2D eigenvalue weighted by Crippen LogP contribution is 2.25. The Labute approximate surface area is 191 Å². The molecule has 5 rings (SSSR count). The van der Waals surface area contributed by atoms with Crippen LogP contribution < -0.4 is 5.43 Å². The van der Waals surface area contributed by atoms with Crippen molar-refractivity contribution in [2.75, 3.05) is 20.6 Å². The summed E-state index contributed by atoms with van der Waals surface area (Å²) in [5, 5.41) is 5.32. The van der Waals surface area contributed by atoms with Gasteiger partial charge in [-0.15, -0.1) is 0 Å². The Bertz CT molecular complexity index is 1370. The number of rotatable bonds is 5. The van der Waals surface area contributed by atoms with Crippen molar-refractivity contribution >= 4 is 16.9 Å². The van der Waals surface area contributed by atoms with Crippen LogP contribution in [0.25, 0.3) is 11.0 Å². The third-order valence-electron chi connectivity index (χ3n) is 6.14. The zero-order valence-electron chi connectivity index (χ0n) is 18.8. The van der Waals surface area contributed by atoms with Crippen molar-refractivity contribution < 1.29 is 9.21 Å². The minimum absolute atomic E-state index is 0.00740. The monoisotopic (exact) mass is 442 g/mol. The highest BCUT2D eigenvalue weighted by atomic mass is 16.3. The molecule has 0 spiro atoms. The van der Waals surface area contributed by atoms with Crippen molar-refractivity contribution in [3.8, 4) is 0 Å². The predicted molar refractivity (Wildman–Crippen MR) is 126 cm³/mol. The van der Waals surface area contributed by atoms with Crippen LogP contribution in [0.2, 0.25) is 0 Å². The second kappa shape index (κ2) is 8.67. The molecule has 1 aliphatic rings. The Morgan fingerprint density at radius 3 is 2.61 bits per heavy atom. The van der Waals surface area contributed by atoms with Crippen LogP contribution in [0.1, 0.15) is 32.9 Å². The smallest absolute Gasteiger partial charge is 0.274 e. The summed E-state index contributed by atoms with van der Waals surface area (Å²) in [6, 6.07) is 17.4. The standard InChI is InChI=1S/C26H26N4O3/c1-28(2)26(32)24-21-16-29(15-19-17-33-23-11-7-6-10-20(23)25(19)31)13-12-22(21)30(27-24)14-18-8-4-3-5-9-18/h3-11,17H,12-16H2,1-2H3. The first-order chi connectivity index (χ1) is 16.0. The van der Waals surface area contributed by atoms with Gasteiger partial charge in [0, 0.05) is 57.0 Å². The lowest BCUT2D eigenvalue weighted by atomic mass is 10.0. The molecule has 7 heteroatoms. The van der Waals surface area contributed by atoms with E-state index in [1.54, 1.807) is 37.4 Å². The van der Waals surface area contributed by atoms with Crippen LogP contribution in [0.3, 0.4) is 0 Å². The molecule has 2 aromatic carbocycles. The minimum Gasteiger partial charge on any atom is -0.464 e. The topological polar surface area (TPSA) is 71.6 Å². The maximum atomic E-state index is 13.0. The third kappa shape index (κ3) is 4.07. The zero-order valence-corrected chi connectivity index (χ0v) is 18.8. The van der Waals surface area contributed by atoms with Crippen molar-refractivity contribution in [1.29, 1.82) is 0 Å². The predicted octanol–water partition coefficient (Wildman–Crippen LogP) is 3.30. The van der Waals surface area contributed by atoms with Gasteiger partial charge in [0.15, 0.2) is 11.1 Å². The van der Waals surface area contributed by atoms with Crippen LogP contribution in [-0.4, -0.2) is 46.1 Å². The van der Waals surface area contributed by atoms with Crippen molar-refractivity contribution in [3.63, 3.8) is 0 Å². The molecule has 1 aliphatic heterocycles. The molecule has 33 heavy (non-hydrogen) atoms. The first-order valence-corrected chi connectivity index (χ1v) is 11.1. The van der Waals surface area contributed by atoms with Gasteiger partial charge in [-0.2, -0.15) is 5.10 Å². The summed E-state index contributed by atoms with van der Waals surface area (Å²) in [6.45, 7) is 2.42. The Morgan fingerprint density at radius 1 is 1.06 bits per heavy atom. The van der Waals surface area contributed by atoms with Crippen molar-refractivity contribution in [1.82, 2.24) is 19.6 Å². The second-order valence-electron chi connectivity index (χ2n) is 8.66. The molecule has 168 valence electrons. The molecular weight excluding hydrogens is 416 g/mol. The first-order valence-electron chi connectivity index (χ1n) is 11.1. The van der Waals surface area contributed by atoms with Gasteiger partial charge >= 0.3 is 0 Å². The highest BCUT2D eigenvalue weighted by molar-refractivity contribution is 5.93. The van der Waals surface area contributed by atoms with Crippen LogP contribution in [0.15, 0.2) is 70.1 Å². The molecule has 3 heterocycles. The van der Waals surface area contributed by atoms with E-state index in [1.807, 2.05) is 35.0 Å². The van der Waals surface area contributed by atoms with Gasteiger partial charge in [-0.05, 0) is 17.7 Å². The van der Waals surface area contributed by atoms with E-state index in [9.17, 15) is 9.59 Å². The Hall–Kier alpha value is -3.71. The number of hydrogen-bond donors (Lipinski definition) is 0. The van der Waals surface area contributed by atoms with E-state index >= 15 is 0 Å². The number of nitrogens with zero attached hydrogens (tertiary/aromatic N) is 4. The lowest BCUT2D eigenvalue weighted by Crippen LogP contribution is -2.33. The van der Waals surface area contributed by atoms with Gasteiger partial charge in [0.1, 0.15) is 5.58 Å². The van der Waals surface area contributed by atoms with Gasteiger partial charge in [0.25, 0.3) is 5.91 Å². The molecule has 0 bridgehead atoms. The molecule has 0 radical (unpaired) electrons. The average Bonchev–Trinajstić information content (AvgIpc) is 3.18. The summed E-state index contributed by atoms with van der Waals surface area (Å²) in [5.74, 6) is -0.106. The summed E-state index contributed by atoms with van der Waals surface area (Å²) in [6.07, 6.45) is 2.32. The maximum Gasteiger partial charge on any atom is 0.274 e. The fraction of sp³-hybridized carbons (Fsp3) is 0.269. The molecule has 1 amide bonds. The van der Waals surface area contributed by atoms with Gasteiger partial charge in [0.05, 0.1) is 18.2 Å². The van der Waals surface area contributed by atoms with E-state index in [-0.39, 0.29) is 11.3 Å². The van der Waals surface area contributed by atoms with Gasteiger partial charge in [-0.1, -0.05) is 42.5 Å². The highest BCUT2D eigenvalue weighted by Gasteiger charge is 2.29. The maximum absolute atomic E-state index is 13.0. The molecule has 7 nitrogen and oxygen atoms in total. The normalized spacial score (nSPS) is 13.8. The summed E-state index contributed by atoms with van der Waals surface area (Å²) in [5.41, 5.74) is 4.87. The SMILES string of the molecule is CN(C)C(=O)c1nn(Cc2ccccc2)c2c1CN(Cc1coc3ccccc3c1=O)CC2. The molecular formula is C26H26N4O3. The molecule has 4 aromatic rings. The van der Waals surface area contributed by atoms with Crippen LogP contribution in [0, 0.1) is 0 Å². The number of fused-ring (bicyclic) bond motifs is 2. The molecule has 0 N–H and O–H groups in total. The van der Waals surface area contributed by atoms with E-state index in [0.717, 1.165) is 29.8 Å². The van der Waals surface area contributed by atoms with Crippen molar-refractivity contribution in [3.05, 3.63) is 99.2 Å². The summed E-state index contributed by atoms with van der Waals surface area (Å²) in [4.78, 5) is 29.6. The largest absolute Gasteiger partial charge is 0.464 e. The number of para-hydroxylation sites is 1. The average molecular weight is 443 g/mol. The van der Waals surface area contributed by atoms with Crippen LogP contribution >= 0.6 is 0 Å². The molecule has 0 unspecified atom stereocenters. The van der Waals surface area contributed by atoms with Gasteiger partial charge < -0.3 is 9.32 Å². The number of carbonyl (C=O) groups is 1. The molecule has 2 aromatic heterocycles. The number of benzene rings is 2. The fourth-order valence-corrected chi connectivity index (χ4v) is 4.42. The third-order valence-corrected chi connectivity index (χ3v) is 6.14. The van der Waals surface area contributed by atoms with Crippen LogP contribution in [-0.2, 0) is 26.1 Å². The van der Waals surface area contributed by atoms with Crippen LogP contribution in [0.5, 0.6) is 0 Å². The van der Waals surface area contributed by atoms with Gasteiger partial charge in [-0.25, -0.2) is 0 Å². The quantitative estimate of drug-likeness (QED) is 0.474. The van der Waals surface area contributed by atoms with E-state index in [1.165, 1.54) is 0 Å². The second-order valence-corrected chi connectivity index (χ2v) is 8.66. The van der Waals surface area contributed by atoms with E-state index in [0.29, 0.717) is 41.9 Å². The number of amides is 1. The minimum atomic E-state index is -0.106. The Balaban J connectivity index is 1.46. The van der Waals surface area contributed by atoms with Crippen molar-refractivity contribution in [2.24, 2.45) is 0 Å². The molecule has 0 atom stereocenters. The Morgan fingerprint density at radius 2 is 1.82 bits per heavy atom. The summed E-state index contributed by atoms with van der Waals surface area (Å²) < 4.78 is 7.66. The van der Waals surface area contributed by atoms with Gasteiger partial charge in [-0.3, -0.25) is 19.2 Å². The van der Waals surface area contributed by atoms with E-state index in [4.69, 9.17) is 9.52 Å². The number of hydrogen-bond acceptors (Lipinski definition) is 5. The number of carbonyl (C=O) groups excluding carboxylic acids is 1. The van der Waals surface area contributed by atoms with Crippen LogP contribution in [0.4, 0.5) is 0 Å². The molecule has 0 saturated carbocycles. The van der Waals surface area contributed by atoms with E-state index < -0.39 is 0 Å². The molecule has 0 aliphatic carbocycles. The zero-order chi connectivity index (χ0) is 22.9. The molecule has 0 saturated heterocycles. The fourth-order valence-electron chi connectivity index (χ4n) is 4.42. The number of aromatic nitrogens is 2. The lowest BCUT2D eigenvalue weighted by Gasteiger charge is -2.27. The van der Waals surface area contributed by atoms with E-state index in [2.05, 4.69) is 17.0 Å². The molecule has 0 fully saturated rings. The summed E-state index contributed by atoms with van der Waals surface area (Å²) in [7, 11) is 3.48.